The molecule has 1 aromatic carbocycles. The Morgan fingerprint density at radius 3 is 2.60 bits per heavy atom. The van der Waals surface area contributed by atoms with Crippen molar-refractivity contribution in [3.05, 3.63) is 80.7 Å². The summed E-state index contributed by atoms with van der Waals surface area (Å²) in [6, 6.07) is 16.6. The largest absolute Gasteiger partial charge is 0.351 e. The van der Waals surface area contributed by atoms with Gasteiger partial charge in [0.15, 0.2) is 5.11 Å². The zero-order chi connectivity index (χ0) is 17.4. The number of hydrogen-bond acceptors (Lipinski definition) is 3. The van der Waals surface area contributed by atoms with Gasteiger partial charge in [-0.1, -0.05) is 22.0 Å². The van der Waals surface area contributed by atoms with Crippen LogP contribution in [0.5, 0.6) is 0 Å². The minimum atomic E-state index is 0.0229. The van der Waals surface area contributed by atoms with Crippen LogP contribution in [0.15, 0.2) is 64.6 Å². The second-order valence-corrected chi connectivity index (χ2v) is 8.19. The summed E-state index contributed by atoms with van der Waals surface area (Å²) in [7, 11) is 0. The van der Waals surface area contributed by atoms with Crippen molar-refractivity contribution >= 4 is 50.3 Å². The number of aromatic nitrogens is 1. The van der Waals surface area contributed by atoms with Gasteiger partial charge in [-0.15, -0.1) is 11.3 Å². The van der Waals surface area contributed by atoms with E-state index in [1.807, 2.05) is 30.5 Å². The van der Waals surface area contributed by atoms with Crippen molar-refractivity contribution in [1.82, 2.24) is 10.3 Å². The summed E-state index contributed by atoms with van der Waals surface area (Å²) in [5.41, 5.74) is 3.36. The van der Waals surface area contributed by atoms with E-state index in [1.54, 1.807) is 11.3 Å². The molecule has 1 N–H and O–H groups in total. The van der Waals surface area contributed by atoms with Gasteiger partial charge in [0.25, 0.3) is 0 Å². The molecule has 3 aromatic rings. The molecular formula is C19H16BrN3S2. The molecule has 4 rings (SSSR count). The van der Waals surface area contributed by atoms with E-state index in [2.05, 4.69) is 67.7 Å². The van der Waals surface area contributed by atoms with E-state index < -0.39 is 0 Å². The van der Waals surface area contributed by atoms with Crippen molar-refractivity contribution in [3.8, 4) is 0 Å². The number of aryl methyl sites for hydroxylation is 1. The molecule has 2 atom stereocenters. The highest BCUT2D eigenvalue weighted by Crippen LogP contribution is 2.44. The quantitative estimate of drug-likeness (QED) is 0.564. The Morgan fingerprint density at radius 2 is 1.96 bits per heavy atom. The van der Waals surface area contributed by atoms with Crippen molar-refractivity contribution in [2.24, 2.45) is 0 Å². The summed E-state index contributed by atoms with van der Waals surface area (Å²) in [6.07, 6.45) is 1.83. The molecule has 0 spiro atoms. The molecule has 3 heterocycles. The summed E-state index contributed by atoms with van der Waals surface area (Å²) in [6.45, 7) is 2.16. The van der Waals surface area contributed by atoms with Crippen LogP contribution in [-0.2, 0) is 0 Å². The standard InChI is InChI=1S/C19H16BrN3S2/c1-12-9-11-25-18(12)17-16(15-4-2-3-10-21-15)22-19(24)23(17)14-7-5-13(20)6-8-14/h2-11,16-17H,1H3,(H,22,24). The number of nitrogens with one attached hydrogen (secondary N) is 1. The minimum Gasteiger partial charge on any atom is -0.351 e. The fraction of sp³-hybridized carbons (Fsp3) is 0.158. The number of nitrogens with zero attached hydrogens (tertiary/aromatic N) is 2. The third kappa shape index (κ3) is 3.10. The van der Waals surface area contributed by atoms with Gasteiger partial charge in [-0.05, 0) is 72.5 Å². The van der Waals surface area contributed by atoms with Crippen molar-refractivity contribution in [2.45, 2.75) is 19.0 Å². The van der Waals surface area contributed by atoms with E-state index >= 15 is 0 Å². The van der Waals surface area contributed by atoms with Crippen LogP contribution in [0, 0.1) is 6.92 Å². The average molecular weight is 430 g/mol. The van der Waals surface area contributed by atoms with Crippen molar-refractivity contribution in [2.75, 3.05) is 4.90 Å². The molecule has 1 aliphatic rings. The van der Waals surface area contributed by atoms with Crippen LogP contribution in [0.1, 0.15) is 28.2 Å². The summed E-state index contributed by atoms with van der Waals surface area (Å²) in [4.78, 5) is 8.09. The molecule has 1 saturated heterocycles. The van der Waals surface area contributed by atoms with Crippen LogP contribution < -0.4 is 10.2 Å². The third-order valence-corrected chi connectivity index (χ3v) is 6.31. The van der Waals surface area contributed by atoms with Crippen LogP contribution in [-0.4, -0.2) is 10.1 Å². The summed E-state index contributed by atoms with van der Waals surface area (Å²) >= 11 is 11.0. The highest BCUT2D eigenvalue weighted by atomic mass is 79.9. The van der Waals surface area contributed by atoms with Gasteiger partial charge in [0.05, 0.1) is 17.8 Å². The Morgan fingerprint density at radius 1 is 1.16 bits per heavy atom. The minimum absolute atomic E-state index is 0.0229. The first-order chi connectivity index (χ1) is 12.1. The predicted octanol–water partition coefficient (Wildman–Crippen LogP) is 5.39. The Bertz CT molecular complexity index is 893. The highest BCUT2D eigenvalue weighted by Gasteiger charge is 2.41. The summed E-state index contributed by atoms with van der Waals surface area (Å²) in [5, 5.41) is 6.36. The first kappa shape index (κ1) is 16.7. The molecule has 2 aromatic heterocycles. The molecule has 1 fully saturated rings. The van der Waals surface area contributed by atoms with Crippen LogP contribution >= 0.6 is 39.5 Å². The van der Waals surface area contributed by atoms with Gasteiger partial charge in [0.1, 0.15) is 0 Å². The smallest absolute Gasteiger partial charge is 0.174 e. The topological polar surface area (TPSA) is 28.2 Å². The lowest BCUT2D eigenvalue weighted by molar-refractivity contribution is 0.573. The Labute approximate surface area is 164 Å². The second kappa shape index (κ2) is 6.86. The van der Waals surface area contributed by atoms with Gasteiger partial charge in [0.2, 0.25) is 0 Å². The Hall–Kier alpha value is -1.76. The lowest BCUT2D eigenvalue weighted by atomic mass is 10.0. The number of hydrogen-bond donors (Lipinski definition) is 1. The van der Waals surface area contributed by atoms with Gasteiger partial charge in [-0.25, -0.2) is 0 Å². The number of thiophene rings is 1. The van der Waals surface area contributed by atoms with Gasteiger partial charge in [-0.3, -0.25) is 4.98 Å². The molecule has 126 valence electrons. The van der Waals surface area contributed by atoms with Crippen LogP contribution in [0.4, 0.5) is 5.69 Å². The predicted molar refractivity (Wildman–Crippen MR) is 111 cm³/mol. The molecule has 1 aliphatic heterocycles. The molecule has 0 saturated carbocycles. The third-order valence-electron chi connectivity index (χ3n) is 4.37. The molecule has 0 bridgehead atoms. The van der Waals surface area contributed by atoms with Crippen LogP contribution in [0.3, 0.4) is 0 Å². The molecule has 2 unspecified atom stereocenters. The van der Waals surface area contributed by atoms with Crippen molar-refractivity contribution in [3.63, 3.8) is 0 Å². The Balaban J connectivity index is 1.83. The molecule has 0 radical (unpaired) electrons. The van der Waals surface area contributed by atoms with Crippen molar-refractivity contribution in [1.29, 1.82) is 0 Å². The second-order valence-electron chi connectivity index (χ2n) is 5.94. The lowest BCUT2D eigenvalue weighted by Gasteiger charge is -2.27. The fourth-order valence-electron chi connectivity index (χ4n) is 3.19. The van der Waals surface area contributed by atoms with Gasteiger partial charge < -0.3 is 10.2 Å². The normalized spacial score (nSPS) is 19.9. The molecule has 0 aliphatic carbocycles. The zero-order valence-electron chi connectivity index (χ0n) is 13.5. The van der Waals surface area contributed by atoms with E-state index in [0.717, 1.165) is 21.0 Å². The highest BCUT2D eigenvalue weighted by molar-refractivity contribution is 9.10. The number of rotatable bonds is 3. The van der Waals surface area contributed by atoms with E-state index in [0.29, 0.717) is 0 Å². The van der Waals surface area contributed by atoms with Gasteiger partial charge in [0, 0.05) is 21.2 Å². The number of thiocarbonyl (C=S) groups is 1. The first-order valence-corrected chi connectivity index (χ1v) is 10.0. The SMILES string of the molecule is Cc1ccsc1C1C(c2ccccn2)NC(=S)N1c1ccc(Br)cc1. The van der Waals surface area contributed by atoms with E-state index in [4.69, 9.17) is 12.2 Å². The molecule has 3 nitrogen and oxygen atoms in total. The van der Waals surface area contributed by atoms with E-state index in [9.17, 15) is 0 Å². The monoisotopic (exact) mass is 429 g/mol. The maximum Gasteiger partial charge on any atom is 0.174 e. The number of halogens is 1. The number of pyridine rings is 1. The maximum atomic E-state index is 5.71. The van der Waals surface area contributed by atoms with E-state index in [-0.39, 0.29) is 12.1 Å². The fourth-order valence-corrected chi connectivity index (χ4v) is 4.85. The van der Waals surface area contributed by atoms with E-state index in [1.165, 1.54) is 10.4 Å². The molecule has 25 heavy (non-hydrogen) atoms. The van der Waals surface area contributed by atoms with Crippen LogP contribution in [0.2, 0.25) is 0 Å². The molecular weight excluding hydrogens is 414 g/mol. The van der Waals surface area contributed by atoms with Gasteiger partial charge in [-0.2, -0.15) is 0 Å². The number of benzene rings is 1. The Kier molecular flexibility index (Phi) is 4.58. The zero-order valence-corrected chi connectivity index (χ0v) is 16.7. The molecule has 6 heteroatoms. The lowest BCUT2D eigenvalue weighted by Crippen LogP contribution is -2.29. The average Bonchev–Trinajstić information content (AvgIpc) is 3.19. The summed E-state index contributed by atoms with van der Waals surface area (Å²) in [5.74, 6) is 0. The van der Waals surface area contributed by atoms with Crippen molar-refractivity contribution < 1.29 is 0 Å². The van der Waals surface area contributed by atoms with Gasteiger partial charge >= 0.3 is 0 Å². The molecule has 0 amide bonds. The maximum absolute atomic E-state index is 5.71. The number of anilines is 1. The first-order valence-electron chi connectivity index (χ1n) is 7.95. The van der Waals surface area contributed by atoms with Crippen LogP contribution in [0.25, 0.3) is 0 Å². The summed E-state index contributed by atoms with van der Waals surface area (Å²) < 4.78 is 1.06.